The normalized spacial score (nSPS) is 15.2. The minimum Gasteiger partial charge on any atom is -0.480 e. The second-order valence-electron chi connectivity index (χ2n) is 6.63. The number of aliphatic carboxylic acids is 1. The van der Waals surface area contributed by atoms with Crippen molar-refractivity contribution in [3.05, 3.63) is 33.8 Å². The molecule has 2 atom stereocenters. The summed E-state index contributed by atoms with van der Waals surface area (Å²) >= 11 is 3.46. The monoisotopic (exact) mass is 397 g/mol. The third-order valence-corrected chi connectivity index (χ3v) is 5.18. The number of carboxylic acids is 1. The number of benzene rings is 1. The van der Waals surface area contributed by atoms with Crippen LogP contribution in [0, 0.1) is 5.92 Å². The van der Waals surface area contributed by atoms with Gasteiger partial charge in [-0.25, -0.2) is 0 Å². The zero-order chi connectivity index (χ0) is 17.9. The van der Waals surface area contributed by atoms with Crippen molar-refractivity contribution in [3.8, 4) is 0 Å². The first kappa shape index (κ1) is 21.2. The van der Waals surface area contributed by atoms with Gasteiger partial charge in [-0.3, -0.25) is 4.79 Å². The molecular weight excluding hydrogens is 366 g/mol. The zero-order valence-corrected chi connectivity index (χ0v) is 16.9. The predicted molar refractivity (Wildman–Crippen MR) is 105 cm³/mol. The molecule has 0 saturated heterocycles. The van der Waals surface area contributed by atoms with E-state index in [0.717, 1.165) is 19.4 Å². The van der Waals surface area contributed by atoms with E-state index in [1.807, 2.05) is 13.8 Å². The highest BCUT2D eigenvalue weighted by atomic mass is 79.9. The molecule has 2 rings (SSSR count). The van der Waals surface area contributed by atoms with Crippen LogP contribution >= 0.6 is 15.9 Å². The molecule has 1 aromatic rings. The van der Waals surface area contributed by atoms with Crippen molar-refractivity contribution in [3.63, 3.8) is 0 Å². The van der Waals surface area contributed by atoms with Crippen molar-refractivity contribution in [2.75, 3.05) is 6.54 Å². The molecule has 136 valence electrons. The van der Waals surface area contributed by atoms with E-state index in [4.69, 9.17) is 5.11 Å². The Morgan fingerprint density at radius 1 is 1.25 bits per heavy atom. The molecule has 0 radical (unpaired) electrons. The van der Waals surface area contributed by atoms with Gasteiger partial charge in [0.25, 0.3) is 0 Å². The number of fused-ring (bicyclic) bond motifs is 1. The van der Waals surface area contributed by atoms with Gasteiger partial charge in [-0.2, -0.15) is 0 Å². The van der Waals surface area contributed by atoms with Crippen molar-refractivity contribution in [1.29, 1.82) is 0 Å². The molecule has 4 heteroatoms. The van der Waals surface area contributed by atoms with E-state index in [-0.39, 0.29) is 12.0 Å². The van der Waals surface area contributed by atoms with Gasteiger partial charge in [0.15, 0.2) is 0 Å². The lowest BCUT2D eigenvalue weighted by Gasteiger charge is -2.19. The predicted octanol–water partition coefficient (Wildman–Crippen LogP) is 5.20. The van der Waals surface area contributed by atoms with Crippen molar-refractivity contribution in [2.45, 2.75) is 71.8 Å². The van der Waals surface area contributed by atoms with Crippen LogP contribution in [-0.2, 0) is 17.6 Å². The van der Waals surface area contributed by atoms with Crippen molar-refractivity contribution < 1.29 is 9.90 Å². The van der Waals surface area contributed by atoms with Crippen molar-refractivity contribution >= 4 is 21.9 Å². The molecule has 2 unspecified atom stereocenters. The van der Waals surface area contributed by atoms with E-state index in [0.29, 0.717) is 0 Å². The maximum atomic E-state index is 10.9. The molecule has 1 aliphatic carbocycles. The second-order valence-corrected chi connectivity index (χ2v) is 7.54. The first-order chi connectivity index (χ1) is 11.5. The fourth-order valence-electron chi connectivity index (χ4n) is 2.94. The number of carboxylic acid groups (broad SMARTS) is 1. The third-order valence-electron chi connectivity index (χ3n) is 4.68. The smallest absolute Gasteiger partial charge is 0.320 e. The average molecular weight is 398 g/mol. The Kier molecular flexibility index (Phi) is 10.3. The van der Waals surface area contributed by atoms with Crippen LogP contribution in [0.3, 0.4) is 0 Å². The van der Waals surface area contributed by atoms with E-state index in [9.17, 15) is 4.79 Å². The molecule has 0 aromatic heterocycles. The lowest BCUT2D eigenvalue weighted by Crippen LogP contribution is -2.42. The summed E-state index contributed by atoms with van der Waals surface area (Å²) < 4.78 is 1.22. The van der Waals surface area contributed by atoms with Gasteiger partial charge in [0.1, 0.15) is 6.04 Å². The molecule has 3 nitrogen and oxygen atoms in total. The number of carbonyl (C=O) groups is 1. The molecule has 1 aliphatic rings. The van der Waals surface area contributed by atoms with Crippen molar-refractivity contribution in [1.82, 2.24) is 5.32 Å². The van der Waals surface area contributed by atoms with Crippen molar-refractivity contribution in [2.24, 2.45) is 5.92 Å². The molecule has 2 N–H and O–H groups in total. The molecule has 0 fully saturated rings. The molecular formula is C20H32BrNO2. The van der Waals surface area contributed by atoms with Gasteiger partial charge in [-0.05, 0) is 61.4 Å². The summed E-state index contributed by atoms with van der Waals surface area (Å²) in [4.78, 5) is 10.9. The maximum absolute atomic E-state index is 10.9. The minimum atomic E-state index is -0.726. The van der Waals surface area contributed by atoms with E-state index >= 15 is 0 Å². The Balaban J connectivity index is 0.000000250. The van der Waals surface area contributed by atoms with E-state index in [1.165, 1.54) is 42.1 Å². The van der Waals surface area contributed by atoms with E-state index < -0.39 is 5.97 Å². The number of nitrogens with one attached hydrogen (secondary N) is 1. The largest absolute Gasteiger partial charge is 0.480 e. The van der Waals surface area contributed by atoms with Gasteiger partial charge in [-0.15, -0.1) is 0 Å². The summed E-state index contributed by atoms with van der Waals surface area (Å²) in [6.07, 6.45) is 8.19. The lowest BCUT2D eigenvalue weighted by molar-refractivity contribution is -0.140. The van der Waals surface area contributed by atoms with Crippen LogP contribution in [0.2, 0.25) is 0 Å². The Labute approximate surface area is 155 Å². The summed E-state index contributed by atoms with van der Waals surface area (Å²) in [5.74, 6) is -0.523. The molecule has 0 aliphatic heterocycles. The van der Waals surface area contributed by atoms with Gasteiger partial charge in [0, 0.05) is 4.47 Å². The highest BCUT2D eigenvalue weighted by Gasteiger charge is 2.21. The summed E-state index contributed by atoms with van der Waals surface area (Å²) in [6.45, 7) is 6.96. The third kappa shape index (κ3) is 7.35. The van der Waals surface area contributed by atoms with Crippen LogP contribution in [-0.4, -0.2) is 23.7 Å². The highest BCUT2D eigenvalue weighted by molar-refractivity contribution is 9.10. The van der Waals surface area contributed by atoms with Crippen LogP contribution in [0.1, 0.15) is 64.0 Å². The Bertz CT molecular complexity index is 504. The number of aryl methyl sites for hydroxylation is 2. The quantitative estimate of drug-likeness (QED) is 0.592. The van der Waals surface area contributed by atoms with Crippen LogP contribution in [0.25, 0.3) is 0 Å². The number of rotatable bonds is 8. The molecule has 0 saturated carbocycles. The summed E-state index contributed by atoms with van der Waals surface area (Å²) in [6, 6.07) is 6.22. The van der Waals surface area contributed by atoms with Crippen LogP contribution in [0.4, 0.5) is 0 Å². The molecule has 24 heavy (non-hydrogen) atoms. The van der Waals surface area contributed by atoms with Gasteiger partial charge in [0.2, 0.25) is 0 Å². The molecule has 0 heterocycles. The number of hydrogen-bond donors (Lipinski definition) is 2. The Morgan fingerprint density at radius 2 is 1.96 bits per heavy atom. The topological polar surface area (TPSA) is 49.3 Å². The Hall–Kier alpha value is -0.870. The Morgan fingerprint density at radius 3 is 2.58 bits per heavy atom. The first-order valence-corrected chi connectivity index (χ1v) is 10.0. The molecule has 1 aromatic carbocycles. The highest BCUT2D eigenvalue weighted by Crippen LogP contribution is 2.24. The molecule has 0 bridgehead atoms. The summed E-state index contributed by atoms with van der Waals surface area (Å²) in [7, 11) is 0. The number of halogens is 1. The average Bonchev–Trinajstić information content (AvgIpc) is 3.02. The summed E-state index contributed by atoms with van der Waals surface area (Å²) in [5.41, 5.74) is 3.08. The number of hydrogen-bond acceptors (Lipinski definition) is 2. The van der Waals surface area contributed by atoms with Gasteiger partial charge in [0.05, 0.1) is 0 Å². The second kappa shape index (κ2) is 11.6. The summed E-state index contributed by atoms with van der Waals surface area (Å²) in [5, 5.41) is 12.1. The SMILES string of the molecule is Brc1ccc2c(c1)CCC2.CCCCCNC(C(=O)O)C(C)CC. The molecule has 0 amide bonds. The minimum absolute atomic E-state index is 0.203. The fourth-order valence-corrected chi connectivity index (χ4v) is 3.35. The zero-order valence-electron chi connectivity index (χ0n) is 15.3. The fraction of sp³-hybridized carbons (Fsp3) is 0.650. The maximum Gasteiger partial charge on any atom is 0.320 e. The van der Waals surface area contributed by atoms with Crippen LogP contribution in [0.5, 0.6) is 0 Å². The van der Waals surface area contributed by atoms with Crippen LogP contribution < -0.4 is 5.32 Å². The standard InChI is InChI=1S/C11H23NO2.C9H9Br/c1-4-6-7-8-12-10(11(13)14)9(3)5-2;10-9-5-4-7-2-1-3-8(7)6-9/h9-10,12H,4-8H2,1-3H3,(H,13,14);4-6H,1-3H2. The van der Waals surface area contributed by atoms with E-state index in [2.05, 4.69) is 46.4 Å². The first-order valence-electron chi connectivity index (χ1n) is 9.23. The van der Waals surface area contributed by atoms with Crippen LogP contribution in [0.15, 0.2) is 22.7 Å². The van der Waals surface area contributed by atoms with Gasteiger partial charge in [-0.1, -0.05) is 62.0 Å². The lowest BCUT2D eigenvalue weighted by atomic mass is 9.99. The van der Waals surface area contributed by atoms with Gasteiger partial charge >= 0.3 is 5.97 Å². The van der Waals surface area contributed by atoms with Gasteiger partial charge < -0.3 is 10.4 Å². The molecule has 0 spiro atoms. The van der Waals surface area contributed by atoms with E-state index in [1.54, 1.807) is 5.56 Å². The number of unbranched alkanes of at least 4 members (excludes halogenated alkanes) is 2.